The maximum absolute atomic E-state index is 12.8. The van der Waals surface area contributed by atoms with Crippen molar-refractivity contribution in [3.05, 3.63) is 28.8 Å². The van der Waals surface area contributed by atoms with Crippen molar-refractivity contribution in [2.45, 2.75) is 32.2 Å². The van der Waals surface area contributed by atoms with E-state index in [-0.39, 0.29) is 24.3 Å². The molecule has 1 N–H and O–H groups in total. The first-order chi connectivity index (χ1) is 9.41. The van der Waals surface area contributed by atoms with E-state index < -0.39 is 5.54 Å². The molecule has 0 aromatic heterocycles. The van der Waals surface area contributed by atoms with E-state index in [1.807, 2.05) is 19.9 Å². The normalized spacial score (nSPS) is 26.6. The van der Waals surface area contributed by atoms with Crippen LogP contribution in [0.3, 0.4) is 0 Å². The number of carbonyl (C=O) groups excluding carboxylic acids is 2. The van der Waals surface area contributed by atoms with Gasteiger partial charge >= 0.3 is 0 Å². The van der Waals surface area contributed by atoms with Gasteiger partial charge in [-0.25, -0.2) is 0 Å². The molecule has 4 nitrogen and oxygen atoms in total. The molecule has 2 fully saturated rings. The molecule has 1 aromatic carbocycles. The fourth-order valence-corrected chi connectivity index (χ4v) is 3.05. The third kappa shape index (κ3) is 2.08. The van der Waals surface area contributed by atoms with E-state index in [0.29, 0.717) is 5.02 Å². The Labute approximate surface area is 123 Å². The number of hydrogen-bond acceptors (Lipinski definition) is 2. The van der Waals surface area contributed by atoms with Crippen molar-refractivity contribution < 1.29 is 9.59 Å². The third-order valence-corrected chi connectivity index (χ3v) is 4.48. The van der Waals surface area contributed by atoms with Crippen molar-refractivity contribution in [1.82, 2.24) is 5.32 Å². The molecule has 106 valence electrons. The van der Waals surface area contributed by atoms with E-state index in [1.54, 1.807) is 17.0 Å². The van der Waals surface area contributed by atoms with E-state index in [1.165, 1.54) is 0 Å². The Bertz CT molecular complexity index is 598. The van der Waals surface area contributed by atoms with Crippen molar-refractivity contribution in [3.63, 3.8) is 0 Å². The molecule has 2 amide bonds. The van der Waals surface area contributed by atoms with Gasteiger partial charge in [-0.2, -0.15) is 0 Å². The van der Waals surface area contributed by atoms with Crippen molar-refractivity contribution >= 4 is 29.1 Å². The first kappa shape index (κ1) is 13.4. The summed E-state index contributed by atoms with van der Waals surface area (Å²) in [5.74, 6) is 0.101. The Hall–Kier alpha value is -1.55. The van der Waals surface area contributed by atoms with Gasteiger partial charge in [0.1, 0.15) is 12.1 Å². The molecule has 1 saturated carbocycles. The van der Waals surface area contributed by atoms with Crippen molar-refractivity contribution in [2.75, 3.05) is 11.4 Å². The molecule has 20 heavy (non-hydrogen) atoms. The summed E-state index contributed by atoms with van der Waals surface area (Å²) >= 11 is 6.03. The highest BCUT2D eigenvalue weighted by Crippen LogP contribution is 2.42. The van der Waals surface area contributed by atoms with Gasteiger partial charge in [-0.1, -0.05) is 17.7 Å². The van der Waals surface area contributed by atoms with E-state index in [0.717, 1.165) is 24.1 Å². The summed E-state index contributed by atoms with van der Waals surface area (Å²) in [6.07, 6.45) is 1.98. The van der Waals surface area contributed by atoms with Crippen LogP contribution in [0.2, 0.25) is 5.02 Å². The molecule has 0 radical (unpaired) electrons. The number of nitrogens with zero attached hydrogens (tertiary/aromatic N) is 1. The van der Waals surface area contributed by atoms with Crippen LogP contribution in [0.5, 0.6) is 0 Å². The Morgan fingerprint density at radius 3 is 2.70 bits per heavy atom. The van der Waals surface area contributed by atoms with E-state index in [2.05, 4.69) is 5.32 Å². The van der Waals surface area contributed by atoms with Crippen LogP contribution in [-0.4, -0.2) is 23.9 Å². The first-order valence-electron chi connectivity index (χ1n) is 6.81. The Morgan fingerprint density at radius 2 is 2.05 bits per heavy atom. The summed E-state index contributed by atoms with van der Waals surface area (Å²) in [7, 11) is 0. The molecule has 5 heteroatoms. The zero-order chi connectivity index (χ0) is 14.5. The molecule has 2 aliphatic rings. The second kappa shape index (κ2) is 4.48. The number of aryl methyl sites for hydroxylation is 1. The predicted molar refractivity (Wildman–Crippen MR) is 77.8 cm³/mol. The lowest BCUT2D eigenvalue weighted by Gasteiger charge is -2.40. The number of hydrogen-bond donors (Lipinski definition) is 1. The summed E-state index contributed by atoms with van der Waals surface area (Å²) < 4.78 is 0. The second-order valence-electron chi connectivity index (χ2n) is 5.85. The molecule has 1 saturated heterocycles. The molecule has 3 rings (SSSR count). The van der Waals surface area contributed by atoms with Gasteiger partial charge in [-0.15, -0.1) is 0 Å². The molecule has 0 bridgehead atoms. The lowest BCUT2D eigenvalue weighted by Crippen LogP contribution is -2.66. The summed E-state index contributed by atoms with van der Waals surface area (Å²) in [4.78, 5) is 26.4. The smallest absolute Gasteiger partial charge is 0.253 e. The predicted octanol–water partition coefficient (Wildman–Crippen LogP) is 2.28. The van der Waals surface area contributed by atoms with Crippen LogP contribution in [0.4, 0.5) is 5.69 Å². The number of carbonyl (C=O) groups is 2. The summed E-state index contributed by atoms with van der Waals surface area (Å²) in [6.45, 7) is 3.80. The number of amides is 2. The van der Waals surface area contributed by atoms with Crippen LogP contribution >= 0.6 is 11.6 Å². The minimum absolute atomic E-state index is 0.0371. The number of halogens is 1. The molecular weight excluding hydrogens is 276 g/mol. The van der Waals surface area contributed by atoms with Crippen LogP contribution in [-0.2, 0) is 9.59 Å². The largest absolute Gasteiger partial charge is 0.340 e. The van der Waals surface area contributed by atoms with Crippen LogP contribution in [0, 0.1) is 12.8 Å². The molecule has 1 unspecified atom stereocenters. The lowest BCUT2D eigenvalue weighted by atomic mass is 9.91. The van der Waals surface area contributed by atoms with Gasteiger partial charge in [-0.3, -0.25) is 9.59 Å². The van der Waals surface area contributed by atoms with Gasteiger partial charge in [-0.05, 0) is 50.3 Å². The molecule has 1 aliphatic carbocycles. The zero-order valence-corrected chi connectivity index (χ0v) is 12.3. The SMILES string of the molecule is Cc1ccc(Cl)cc1N1CC(=O)NC(C)(C2CC2)C1=O. The molecule has 1 aliphatic heterocycles. The lowest BCUT2D eigenvalue weighted by molar-refractivity contribution is -0.136. The molecular formula is C15H17ClN2O2. The number of anilines is 1. The molecule has 0 spiro atoms. The number of nitrogens with one attached hydrogen (secondary N) is 1. The Balaban J connectivity index is 2.01. The number of rotatable bonds is 2. The first-order valence-corrected chi connectivity index (χ1v) is 7.19. The highest BCUT2D eigenvalue weighted by Gasteiger charge is 2.52. The van der Waals surface area contributed by atoms with Gasteiger partial charge in [0.25, 0.3) is 5.91 Å². The van der Waals surface area contributed by atoms with Gasteiger partial charge in [0.05, 0.1) is 0 Å². The Kier molecular flexibility index (Phi) is 3.01. The van der Waals surface area contributed by atoms with Crippen molar-refractivity contribution in [1.29, 1.82) is 0 Å². The van der Waals surface area contributed by atoms with Crippen molar-refractivity contribution in [3.8, 4) is 0 Å². The van der Waals surface area contributed by atoms with Crippen molar-refractivity contribution in [2.24, 2.45) is 5.92 Å². The monoisotopic (exact) mass is 292 g/mol. The molecule has 1 aromatic rings. The topological polar surface area (TPSA) is 49.4 Å². The molecule has 1 atom stereocenters. The zero-order valence-electron chi connectivity index (χ0n) is 11.6. The highest BCUT2D eigenvalue weighted by atomic mass is 35.5. The van der Waals surface area contributed by atoms with Gasteiger partial charge in [0.15, 0.2) is 0 Å². The quantitative estimate of drug-likeness (QED) is 0.909. The average molecular weight is 293 g/mol. The summed E-state index contributed by atoms with van der Waals surface area (Å²) in [5.41, 5.74) is 0.893. The van der Waals surface area contributed by atoms with Crippen LogP contribution in [0.15, 0.2) is 18.2 Å². The molecule has 1 heterocycles. The van der Waals surface area contributed by atoms with Gasteiger partial charge < -0.3 is 10.2 Å². The van der Waals surface area contributed by atoms with Gasteiger partial charge in [0, 0.05) is 10.7 Å². The van der Waals surface area contributed by atoms with E-state index in [4.69, 9.17) is 11.6 Å². The fraction of sp³-hybridized carbons (Fsp3) is 0.467. The summed E-state index contributed by atoms with van der Waals surface area (Å²) in [5, 5.41) is 3.44. The standard InChI is InChI=1S/C15H17ClN2O2/c1-9-3-6-11(16)7-12(9)18-8-13(19)17-15(2,14(18)20)10-4-5-10/h3,6-7,10H,4-5,8H2,1-2H3,(H,17,19). The van der Waals surface area contributed by atoms with E-state index >= 15 is 0 Å². The third-order valence-electron chi connectivity index (χ3n) is 4.25. The minimum atomic E-state index is -0.774. The van der Waals surface area contributed by atoms with Crippen LogP contribution in [0.25, 0.3) is 0 Å². The maximum Gasteiger partial charge on any atom is 0.253 e. The van der Waals surface area contributed by atoms with Crippen LogP contribution < -0.4 is 10.2 Å². The highest BCUT2D eigenvalue weighted by molar-refractivity contribution is 6.31. The fourth-order valence-electron chi connectivity index (χ4n) is 2.88. The Morgan fingerprint density at radius 1 is 1.35 bits per heavy atom. The van der Waals surface area contributed by atoms with Crippen LogP contribution in [0.1, 0.15) is 25.3 Å². The maximum atomic E-state index is 12.8. The number of piperazine rings is 1. The summed E-state index contributed by atoms with van der Waals surface area (Å²) in [6, 6.07) is 5.40. The second-order valence-corrected chi connectivity index (χ2v) is 6.28. The van der Waals surface area contributed by atoms with E-state index in [9.17, 15) is 9.59 Å². The van der Waals surface area contributed by atoms with Gasteiger partial charge in [0.2, 0.25) is 5.91 Å². The average Bonchev–Trinajstić information content (AvgIpc) is 3.21. The minimum Gasteiger partial charge on any atom is -0.340 e. The number of benzene rings is 1.